The fourth-order valence-corrected chi connectivity index (χ4v) is 5.47. The van der Waals surface area contributed by atoms with Crippen LogP contribution >= 0.6 is 23.2 Å². The molecular formula is C20H28Cl2N2O5S. The molecule has 1 aromatic carbocycles. The molecule has 1 amide bonds. The molecular weight excluding hydrogens is 451 g/mol. The minimum atomic E-state index is -3.94. The van der Waals surface area contributed by atoms with E-state index in [0.717, 1.165) is 12.5 Å². The summed E-state index contributed by atoms with van der Waals surface area (Å²) < 4.78 is 32.6. The highest BCUT2D eigenvalue weighted by Crippen LogP contribution is 2.29. The van der Waals surface area contributed by atoms with Gasteiger partial charge in [0.25, 0.3) is 5.91 Å². The highest BCUT2D eigenvalue weighted by Gasteiger charge is 2.27. The van der Waals surface area contributed by atoms with Crippen molar-refractivity contribution in [1.29, 1.82) is 0 Å². The Labute approximate surface area is 188 Å². The second kappa shape index (κ2) is 10.3. The van der Waals surface area contributed by atoms with Crippen LogP contribution in [0.3, 0.4) is 0 Å². The van der Waals surface area contributed by atoms with Crippen molar-refractivity contribution in [2.45, 2.75) is 39.0 Å². The lowest BCUT2D eigenvalue weighted by molar-refractivity contribution is -0.137. The van der Waals surface area contributed by atoms with E-state index in [0.29, 0.717) is 24.9 Å². The Hall–Kier alpha value is -1.35. The number of hydrogen-bond donors (Lipinski definition) is 1. The number of hydrogen-bond acceptors (Lipinski definition) is 5. The maximum Gasteiger partial charge on any atom is 0.340 e. The zero-order valence-corrected chi connectivity index (χ0v) is 19.9. The van der Waals surface area contributed by atoms with Crippen molar-refractivity contribution in [3.8, 4) is 0 Å². The number of esters is 1. The summed E-state index contributed by atoms with van der Waals surface area (Å²) in [6, 6.07) is 2.25. The van der Waals surface area contributed by atoms with Crippen LogP contribution in [0.15, 0.2) is 17.0 Å². The Kier molecular flexibility index (Phi) is 8.56. The van der Waals surface area contributed by atoms with E-state index in [4.69, 9.17) is 27.9 Å². The molecule has 1 heterocycles. The van der Waals surface area contributed by atoms with Crippen molar-refractivity contribution in [3.05, 3.63) is 27.7 Å². The van der Waals surface area contributed by atoms with Gasteiger partial charge < -0.3 is 9.64 Å². The third kappa shape index (κ3) is 6.57. The van der Waals surface area contributed by atoms with Crippen LogP contribution in [0.5, 0.6) is 0 Å². The number of benzene rings is 1. The molecule has 2 atom stereocenters. The molecule has 1 fully saturated rings. The predicted molar refractivity (Wildman–Crippen MR) is 116 cm³/mol. The Morgan fingerprint density at radius 3 is 2.33 bits per heavy atom. The van der Waals surface area contributed by atoms with E-state index in [9.17, 15) is 18.0 Å². The molecule has 0 aromatic heterocycles. The molecule has 7 nitrogen and oxygen atoms in total. The fraction of sp³-hybridized carbons (Fsp3) is 0.600. The molecule has 0 aliphatic carbocycles. The summed E-state index contributed by atoms with van der Waals surface area (Å²) in [5, 5.41) is -0.166. The van der Waals surface area contributed by atoms with Gasteiger partial charge in [-0.15, -0.1) is 0 Å². The van der Waals surface area contributed by atoms with Crippen molar-refractivity contribution in [2.75, 3.05) is 26.2 Å². The fourth-order valence-electron chi connectivity index (χ4n) is 3.41. The van der Waals surface area contributed by atoms with Crippen LogP contribution in [-0.2, 0) is 19.6 Å². The smallest absolute Gasteiger partial charge is 0.340 e. The highest BCUT2D eigenvalue weighted by molar-refractivity contribution is 7.89. The summed E-state index contributed by atoms with van der Waals surface area (Å²) in [7, 11) is -3.94. The number of amides is 1. The van der Waals surface area contributed by atoms with Crippen LogP contribution < -0.4 is 4.72 Å². The van der Waals surface area contributed by atoms with Crippen molar-refractivity contribution < 1.29 is 22.7 Å². The van der Waals surface area contributed by atoms with Gasteiger partial charge in [0.15, 0.2) is 6.61 Å². The van der Waals surface area contributed by atoms with Crippen molar-refractivity contribution in [2.24, 2.45) is 17.8 Å². The number of likely N-dealkylation sites (tertiary alicyclic amines) is 1. The van der Waals surface area contributed by atoms with Gasteiger partial charge in [-0.25, -0.2) is 17.9 Å². The largest absolute Gasteiger partial charge is 0.452 e. The molecule has 2 rings (SSSR count). The molecule has 0 saturated carbocycles. The molecule has 168 valence electrons. The first-order valence-electron chi connectivity index (χ1n) is 9.84. The van der Waals surface area contributed by atoms with Crippen LogP contribution in [-0.4, -0.2) is 51.4 Å². The third-order valence-corrected chi connectivity index (χ3v) is 6.96. The summed E-state index contributed by atoms with van der Waals surface area (Å²) in [4.78, 5) is 26.3. The van der Waals surface area contributed by atoms with Gasteiger partial charge >= 0.3 is 5.97 Å². The molecule has 1 N–H and O–H groups in total. The van der Waals surface area contributed by atoms with Gasteiger partial charge in [-0.05, 0) is 36.3 Å². The van der Waals surface area contributed by atoms with E-state index < -0.39 is 22.6 Å². The lowest BCUT2D eigenvalue weighted by Crippen LogP contribution is -2.44. The standard InChI is InChI=1S/C20H28Cl2N2O5S/c1-12(2)8-23-30(27,28)18-6-15(16(21)7-17(18)22)20(26)29-11-19(25)24-9-13(3)5-14(4)10-24/h6-7,12-14,23H,5,8-11H2,1-4H3. The van der Waals surface area contributed by atoms with Crippen LogP contribution in [0, 0.1) is 17.8 Å². The van der Waals surface area contributed by atoms with Crippen LogP contribution in [0.1, 0.15) is 44.5 Å². The summed E-state index contributed by atoms with van der Waals surface area (Å²) in [6.07, 6.45) is 1.05. The minimum absolute atomic E-state index is 0.0551. The topological polar surface area (TPSA) is 92.8 Å². The van der Waals surface area contributed by atoms with Gasteiger partial charge in [0, 0.05) is 19.6 Å². The molecule has 1 aliphatic heterocycles. The van der Waals surface area contributed by atoms with Crippen LogP contribution in [0.2, 0.25) is 10.0 Å². The predicted octanol–water partition coefficient (Wildman–Crippen LogP) is 3.59. The lowest BCUT2D eigenvalue weighted by atomic mass is 9.92. The van der Waals surface area contributed by atoms with E-state index in [1.54, 1.807) is 4.90 Å². The van der Waals surface area contributed by atoms with E-state index in [2.05, 4.69) is 18.6 Å². The maximum atomic E-state index is 12.5. The molecule has 30 heavy (non-hydrogen) atoms. The summed E-state index contributed by atoms with van der Waals surface area (Å²) in [6.45, 7) is 8.87. The zero-order chi connectivity index (χ0) is 22.6. The monoisotopic (exact) mass is 478 g/mol. The Bertz CT molecular complexity index is 895. The number of carbonyl (C=O) groups excluding carboxylic acids is 2. The van der Waals surface area contributed by atoms with Gasteiger partial charge in [0.05, 0.1) is 15.6 Å². The minimum Gasteiger partial charge on any atom is -0.452 e. The molecule has 0 bridgehead atoms. The second-order valence-electron chi connectivity index (χ2n) is 8.33. The number of rotatable bonds is 7. The van der Waals surface area contributed by atoms with E-state index >= 15 is 0 Å². The van der Waals surface area contributed by atoms with Gasteiger partial charge in [-0.3, -0.25) is 4.79 Å². The Balaban J connectivity index is 2.13. The van der Waals surface area contributed by atoms with Gasteiger partial charge in [0.1, 0.15) is 4.90 Å². The first kappa shape index (κ1) is 24.9. The lowest BCUT2D eigenvalue weighted by Gasteiger charge is -2.34. The van der Waals surface area contributed by atoms with Crippen molar-refractivity contribution >= 4 is 45.1 Å². The average Bonchev–Trinajstić information content (AvgIpc) is 2.63. The van der Waals surface area contributed by atoms with E-state index in [1.165, 1.54) is 6.07 Å². The normalized spacial score (nSPS) is 19.8. The van der Waals surface area contributed by atoms with Crippen molar-refractivity contribution in [1.82, 2.24) is 9.62 Å². The maximum absolute atomic E-state index is 12.5. The van der Waals surface area contributed by atoms with Crippen molar-refractivity contribution in [3.63, 3.8) is 0 Å². The summed E-state index contributed by atoms with van der Waals surface area (Å²) in [5.41, 5.74) is -0.167. The number of nitrogens with zero attached hydrogens (tertiary/aromatic N) is 1. The molecule has 0 spiro atoms. The number of ether oxygens (including phenoxy) is 1. The van der Waals surface area contributed by atoms with Gasteiger partial charge in [0.2, 0.25) is 10.0 Å². The number of sulfonamides is 1. The summed E-state index contributed by atoms with van der Waals surface area (Å²) in [5.74, 6) is -0.335. The first-order chi connectivity index (χ1) is 13.9. The molecule has 1 saturated heterocycles. The van der Waals surface area contributed by atoms with E-state index in [-0.39, 0.29) is 38.9 Å². The Morgan fingerprint density at radius 1 is 1.17 bits per heavy atom. The van der Waals surface area contributed by atoms with Gasteiger partial charge in [-0.2, -0.15) is 0 Å². The highest BCUT2D eigenvalue weighted by atomic mass is 35.5. The molecule has 0 radical (unpaired) electrons. The van der Waals surface area contributed by atoms with Gasteiger partial charge in [-0.1, -0.05) is 50.9 Å². The number of halogens is 2. The summed E-state index contributed by atoms with van der Waals surface area (Å²) >= 11 is 12.1. The Morgan fingerprint density at radius 2 is 1.77 bits per heavy atom. The molecule has 1 aromatic rings. The SMILES string of the molecule is CC(C)CNS(=O)(=O)c1cc(C(=O)OCC(=O)N2CC(C)CC(C)C2)c(Cl)cc1Cl. The first-order valence-corrected chi connectivity index (χ1v) is 12.1. The van der Waals surface area contributed by atoms with Crippen LogP contribution in [0.25, 0.3) is 0 Å². The number of piperidine rings is 1. The average molecular weight is 479 g/mol. The zero-order valence-electron chi connectivity index (χ0n) is 17.6. The van der Waals surface area contributed by atoms with E-state index in [1.807, 2.05) is 13.8 Å². The number of carbonyl (C=O) groups is 2. The molecule has 2 unspecified atom stereocenters. The van der Waals surface area contributed by atoms with Crippen LogP contribution in [0.4, 0.5) is 0 Å². The second-order valence-corrected chi connectivity index (χ2v) is 10.9. The molecule has 10 heteroatoms. The quantitative estimate of drug-likeness (QED) is 0.604. The molecule has 1 aliphatic rings. The number of nitrogens with one attached hydrogen (secondary N) is 1. The third-order valence-electron chi connectivity index (χ3n) is 4.76.